The number of hydrogen-bond donors (Lipinski definition) is 2. The number of nitrogens with two attached hydrogens (primary N) is 1. The van der Waals surface area contributed by atoms with E-state index < -0.39 is 17.8 Å². The van der Waals surface area contributed by atoms with Crippen molar-refractivity contribution in [3.63, 3.8) is 0 Å². The van der Waals surface area contributed by atoms with Gasteiger partial charge in [-0.15, -0.1) is 0 Å². The van der Waals surface area contributed by atoms with Crippen molar-refractivity contribution < 1.29 is 19.0 Å². The Kier molecular flexibility index (Phi) is 4.93. The number of rotatable bonds is 5. The molecule has 1 aromatic carbocycles. The van der Waals surface area contributed by atoms with Crippen LogP contribution in [0.2, 0.25) is 5.02 Å². The first-order valence-electron chi connectivity index (χ1n) is 5.38. The highest BCUT2D eigenvalue weighted by Gasteiger charge is 2.21. The molecule has 100 valence electrons. The minimum Gasteiger partial charge on any atom is -0.496 e. The SMILES string of the molecule is COc1c(C)cc(F)c(Cl)c1C(N)CCC(=O)O. The second-order valence-electron chi connectivity index (χ2n) is 3.98. The van der Waals surface area contributed by atoms with Gasteiger partial charge in [-0.1, -0.05) is 11.6 Å². The van der Waals surface area contributed by atoms with E-state index in [2.05, 4.69) is 0 Å². The van der Waals surface area contributed by atoms with E-state index in [-0.39, 0.29) is 17.9 Å². The highest BCUT2D eigenvalue weighted by atomic mass is 35.5. The zero-order chi connectivity index (χ0) is 13.9. The van der Waals surface area contributed by atoms with Crippen molar-refractivity contribution >= 4 is 17.6 Å². The third-order valence-electron chi connectivity index (χ3n) is 2.64. The third kappa shape index (κ3) is 3.11. The number of benzene rings is 1. The van der Waals surface area contributed by atoms with Crippen LogP contribution < -0.4 is 10.5 Å². The van der Waals surface area contributed by atoms with E-state index in [1.807, 2.05) is 0 Å². The Morgan fingerprint density at radius 2 is 2.28 bits per heavy atom. The highest BCUT2D eigenvalue weighted by molar-refractivity contribution is 6.31. The molecule has 0 heterocycles. The molecule has 0 aromatic heterocycles. The van der Waals surface area contributed by atoms with Gasteiger partial charge in [-0.05, 0) is 25.0 Å². The fourth-order valence-electron chi connectivity index (χ4n) is 1.79. The summed E-state index contributed by atoms with van der Waals surface area (Å²) in [6, 6.07) is 0.576. The highest BCUT2D eigenvalue weighted by Crippen LogP contribution is 2.37. The molecule has 18 heavy (non-hydrogen) atoms. The molecule has 0 saturated heterocycles. The maximum absolute atomic E-state index is 13.6. The molecule has 4 nitrogen and oxygen atoms in total. The van der Waals surface area contributed by atoms with Gasteiger partial charge in [0.15, 0.2) is 0 Å². The molecule has 1 unspecified atom stereocenters. The number of ether oxygens (including phenoxy) is 1. The Hall–Kier alpha value is -1.33. The first-order valence-corrected chi connectivity index (χ1v) is 5.76. The lowest BCUT2D eigenvalue weighted by atomic mass is 9.99. The van der Waals surface area contributed by atoms with Gasteiger partial charge in [-0.3, -0.25) is 4.79 Å². The number of carboxylic acid groups (broad SMARTS) is 1. The molecule has 0 saturated carbocycles. The molecule has 0 aliphatic heterocycles. The summed E-state index contributed by atoms with van der Waals surface area (Å²) in [6.45, 7) is 1.67. The van der Waals surface area contributed by atoms with E-state index in [9.17, 15) is 9.18 Å². The van der Waals surface area contributed by atoms with E-state index in [1.165, 1.54) is 13.2 Å². The van der Waals surface area contributed by atoms with Crippen LogP contribution in [0.25, 0.3) is 0 Å². The molecular weight excluding hydrogens is 261 g/mol. The van der Waals surface area contributed by atoms with Crippen LogP contribution in [0.3, 0.4) is 0 Å². The number of carboxylic acids is 1. The van der Waals surface area contributed by atoms with Crippen LogP contribution in [0.4, 0.5) is 4.39 Å². The predicted octanol–water partition coefficient (Wildman–Crippen LogP) is 2.66. The minimum absolute atomic E-state index is 0.115. The Bertz CT molecular complexity index is 465. The molecule has 1 rings (SSSR count). The second-order valence-corrected chi connectivity index (χ2v) is 4.35. The van der Waals surface area contributed by atoms with Gasteiger partial charge in [0, 0.05) is 18.0 Å². The third-order valence-corrected chi connectivity index (χ3v) is 3.02. The standard InChI is InChI=1S/C12H15ClFNO3/c1-6-5-7(14)11(13)10(12(6)18-2)8(15)3-4-9(16)17/h5,8H,3-4,15H2,1-2H3,(H,16,17). The largest absolute Gasteiger partial charge is 0.496 e. The summed E-state index contributed by atoms with van der Waals surface area (Å²) < 4.78 is 18.7. The van der Waals surface area contributed by atoms with Gasteiger partial charge in [0.2, 0.25) is 0 Å². The lowest BCUT2D eigenvalue weighted by Crippen LogP contribution is -2.15. The van der Waals surface area contributed by atoms with Crippen molar-refractivity contribution in [2.24, 2.45) is 5.73 Å². The summed E-state index contributed by atoms with van der Waals surface area (Å²) in [5.74, 6) is -1.15. The van der Waals surface area contributed by atoms with Gasteiger partial charge in [0.05, 0.1) is 12.1 Å². The zero-order valence-corrected chi connectivity index (χ0v) is 10.9. The Morgan fingerprint density at radius 3 is 2.78 bits per heavy atom. The summed E-state index contributed by atoms with van der Waals surface area (Å²) in [5.41, 5.74) is 6.75. The number of methoxy groups -OCH3 is 1. The zero-order valence-electron chi connectivity index (χ0n) is 10.2. The molecule has 0 bridgehead atoms. The second kappa shape index (κ2) is 6.02. The summed E-state index contributed by atoms with van der Waals surface area (Å²) >= 11 is 5.88. The van der Waals surface area contributed by atoms with Crippen LogP contribution in [-0.4, -0.2) is 18.2 Å². The summed E-state index contributed by atoms with van der Waals surface area (Å²) in [6.07, 6.45) is 0.0461. The van der Waals surface area contributed by atoms with Gasteiger partial charge in [0.25, 0.3) is 0 Å². The van der Waals surface area contributed by atoms with E-state index in [0.717, 1.165) is 0 Å². The predicted molar refractivity (Wildman–Crippen MR) is 66.5 cm³/mol. The topological polar surface area (TPSA) is 72.5 Å². The van der Waals surface area contributed by atoms with Crippen molar-refractivity contribution in [1.29, 1.82) is 0 Å². The molecule has 1 atom stereocenters. The van der Waals surface area contributed by atoms with E-state index in [0.29, 0.717) is 16.9 Å². The molecule has 1 aromatic rings. The lowest BCUT2D eigenvalue weighted by Gasteiger charge is -2.19. The molecule has 3 N–H and O–H groups in total. The number of halogens is 2. The van der Waals surface area contributed by atoms with Crippen molar-refractivity contribution in [3.05, 3.63) is 28.0 Å². The molecule has 0 aliphatic carbocycles. The maximum atomic E-state index is 13.6. The van der Waals surface area contributed by atoms with Crippen LogP contribution in [0.15, 0.2) is 6.07 Å². The summed E-state index contributed by atoms with van der Waals surface area (Å²) in [7, 11) is 1.43. The molecule has 0 aliphatic rings. The number of aryl methyl sites for hydroxylation is 1. The van der Waals surface area contributed by atoms with Crippen molar-refractivity contribution in [2.45, 2.75) is 25.8 Å². The summed E-state index contributed by atoms with van der Waals surface area (Å²) in [5, 5.41) is 8.50. The average Bonchev–Trinajstić information content (AvgIpc) is 2.30. The average molecular weight is 276 g/mol. The Labute approximate surface area is 109 Å². The molecular formula is C12H15ClFNO3. The van der Waals surface area contributed by atoms with E-state index >= 15 is 0 Å². The fraction of sp³-hybridized carbons (Fsp3) is 0.417. The molecule has 0 radical (unpaired) electrons. The maximum Gasteiger partial charge on any atom is 0.303 e. The van der Waals surface area contributed by atoms with Crippen molar-refractivity contribution in [1.82, 2.24) is 0 Å². The van der Waals surface area contributed by atoms with Crippen LogP contribution >= 0.6 is 11.6 Å². The first kappa shape index (κ1) is 14.7. The molecule has 0 fully saturated rings. The summed E-state index contributed by atoms with van der Waals surface area (Å²) in [4.78, 5) is 10.5. The van der Waals surface area contributed by atoms with Gasteiger partial charge < -0.3 is 15.6 Å². The Morgan fingerprint density at radius 1 is 1.67 bits per heavy atom. The first-order chi connectivity index (χ1) is 8.38. The number of hydrogen-bond acceptors (Lipinski definition) is 3. The smallest absolute Gasteiger partial charge is 0.303 e. The monoisotopic (exact) mass is 275 g/mol. The minimum atomic E-state index is -0.964. The number of carbonyl (C=O) groups is 1. The quantitative estimate of drug-likeness (QED) is 0.866. The fourth-order valence-corrected chi connectivity index (χ4v) is 2.07. The van der Waals surface area contributed by atoms with Crippen molar-refractivity contribution in [3.8, 4) is 5.75 Å². The van der Waals surface area contributed by atoms with Crippen LogP contribution in [0.1, 0.15) is 30.0 Å². The van der Waals surface area contributed by atoms with E-state index in [4.69, 9.17) is 27.2 Å². The van der Waals surface area contributed by atoms with Gasteiger partial charge in [-0.2, -0.15) is 0 Å². The molecule has 0 amide bonds. The van der Waals surface area contributed by atoms with Crippen LogP contribution in [0, 0.1) is 12.7 Å². The Balaban J connectivity index is 3.16. The van der Waals surface area contributed by atoms with Gasteiger partial charge in [0.1, 0.15) is 11.6 Å². The van der Waals surface area contributed by atoms with Crippen LogP contribution in [-0.2, 0) is 4.79 Å². The van der Waals surface area contributed by atoms with Crippen molar-refractivity contribution in [2.75, 3.05) is 7.11 Å². The molecule has 0 spiro atoms. The van der Waals surface area contributed by atoms with Gasteiger partial charge >= 0.3 is 5.97 Å². The van der Waals surface area contributed by atoms with E-state index in [1.54, 1.807) is 6.92 Å². The van der Waals surface area contributed by atoms with Crippen LogP contribution in [0.5, 0.6) is 5.75 Å². The lowest BCUT2D eigenvalue weighted by molar-refractivity contribution is -0.137. The van der Waals surface area contributed by atoms with Gasteiger partial charge in [-0.25, -0.2) is 4.39 Å². The molecule has 6 heteroatoms. The number of aliphatic carboxylic acids is 1. The normalized spacial score (nSPS) is 12.3.